The zero-order valence-electron chi connectivity index (χ0n) is 26.4. The zero-order chi connectivity index (χ0) is 29.7. The Morgan fingerprint density at radius 2 is 1.62 bits per heavy atom. The summed E-state index contributed by atoms with van der Waals surface area (Å²) in [6.07, 6.45) is 6.00. The number of carbonyl (C=O) groups excluding carboxylic acids is 2. The van der Waals surface area contributed by atoms with Crippen molar-refractivity contribution in [1.82, 2.24) is 9.80 Å². The third-order valence-electron chi connectivity index (χ3n) is 11.8. The smallest absolute Gasteiger partial charge is 0.399 e. The van der Waals surface area contributed by atoms with Crippen molar-refractivity contribution in [2.24, 2.45) is 5.41 Å². The molecule has 1 aliphatic carbocycles. The SMILES string of the molecule is CC1(C)CCN(C2CC(N3C(=O)C4(CCN(C(=O)[C@@H]5CCCO5)CC4)c4ccc(B5OC(C)(C)C(C)(C)O5)cc43)C2)C1. The lowest BCUT2D eigenvalue weighted by Crippen LogP contribution is -2.58. The monoisotopic (exact) mass is 577 g/mol. The van der Waals surface area contributed by atoms with Crippen LogP contribution in [0.25, 0.3) is 0 Å². The number of hydrogen-bond donors (Lipinski definition) is 0. The first-order chi connectivity index (χ1) is 19.8. The summed E-state index contributed by atoms with van der Waals surface area (Å²) in [5.74, 6) is 0.314. The summed E-state index contributed by atoms with van der Waals surface area (Å²) in [7, 11) is -0.472. The van der Waals surface area contributed by atoms with Gasteiger partial charge in [0.25, 0.3) is 5.91 Å². The van der Waals surface area contributed by atoms with Gasteiger partial charge in [-0.25, -0.2) is 0 Å². The van der Waals surface area contributed by atoms with Crippen LogP contribution in [-0.2, 0) is 29.0 Å². The van der Waals surface area contributed by atoms with Crippen molar-refractivity contribution < 1.29 is 23.6 Å². The highest BCUT2D eigenvalue weighted by Crippen LogP contribution is 2.51. The standard InChI is InChI=1S/C33H48BN3O5/c1-30(2)11-14-36(21-30)23-19-24(20-23)37-26-18-22(34-41-31(3,4)32(5,6)42-34)9-10-25(26)33(29(37)39)12-15-35(16-13-33)28(38)27-8-7-17-40-27/h9-10,18,23-24,27H,7-8,11-17,19-21H2,1-6H3/t23?,24?,27-/m0/s1. The van der Waals surface area contributed by atoms with Crippen molar-refractivity contribution in [3.05, 3.63) is 23.8 Å². The summed E-state index contributed by atoms with van der Waals surface area (Å²) in [4.78, 5) is 34.4. The van der Waals surface area contributed by atoms with Crippen LogP contribution in [-0.4, -0.2) is 90.9 Å². The molecule has 1 saturated carbocycles. The van der Waals surface area contributed by atoms with Crippen LogP contribution in [0, 0.1) is 5.41 Å². The van der Waals surface area contributed by atoms with Gasteiger partial charge < -0.3 is 23.8 Å². The molecule has 2 amide bonds. The second kappa shape index (κ2) is 9.78. The number of nitrogens with zero attached hydrogens (tertiary/aromatic N) is 3. The summed E-state index contributed by atoms with van der Waals surface area (Å²) in [6.45, 7) is 17.2. The molecule has 5 aliphatic heterocycles. The van der Waals surface area contributed by atoms with E-state index in [1.165, 1.54) is 6.42 Å². The van der Waals surface area contributed by atoms with Gasteiger partial charge in [-0.15, -0.1) is 0 Å². The molecule has 8 nitrogen and oxygen atoms in total. The summed E-state index contributed by atoms with van der Waals surface area (Å²) < 4.78 is 18.5. The molecule has 0 N–H and O–H groups in total. The van der Waals surface area contributed by atoms with E-state index >= 15 is 0 Å². The number of hydrogen-bond acceptors (Lipinski definition) is 6. The molecule has 228 valence electrons. The minimum absolute atomic E-state index is 0.0938. The van der Waals surface area contributed by atoms with Gasteiger partial charge in [0.1, 0.15) is 6.10 Å². The fraction of sp³-hybridized carbons (Fsp3) is 0.758. The summed E-state index contributed by atoms with van der Waals surface area (Å²) in [6, 6.07) is 7.16. The van der Waals surface area contributed by atoms with Crippen molar-refractivity contribution in [3.8, 4) is 0 Å². The van der Waals surface area contributed by atoms with E-state index in [1.54, 1.807) is 0 Å². The molecule has 1 aromatic rings. The normalized spacial score (nSPS) is 33.0. The van der Waals surface area contributed by atoms with E-state index in [4.69, 9.17) is 14.0 Å². The molecule has 1 aromatic carbocycles. The van der Waals surface area contributed by atoms with Gasteiger partial charge in [-0.2, -0.15) is 0 Å². The molecule has 5 fully saturated rings. The van der Waals surface area contributed by atoms with Crippen molar-refractivity contribution in [1.29, 1.82) is 0 Å². The van der Waals surface area contributed by atoms with Crippen LogP contribution in [0.4, 0.5) is 5.69 Å². The number of fused-ring (bicyclic) bond motifs is 2. The van der Waals surface area contributed by atoms with Crippen LogP contribution < -0.4 is 10.4 Å². The van der Waals surface area contributed by atoms with Gasteiger partial charge in [-0.05, 0) is 102 Å². The zero-order valence-corrected chi connectivity index (χ0v) is 26.4. The molecule has 0 bridgehead atoms. The van der Waals surface area contributed by atoms with E-state index < -0.39 is 23.7 Å². The number of piperidine rings is 1. The molecule has 1 spiro atoms. The molecular weight excluding hydrogens is 529 g/mol. The van der Waals surface area contributed by atoms with E-state index in [0.717, 1.165) is 55.5 Å². The van der Waals surface area contributed by atoms with Crippen molar-refractivity contribution in [2.45, 2.75) is 121 Å². The highest BCUT2D eigenvalue weighted by molar-refractivity contribution is 6.62. The molecule has 9 heteroatoms. The molecule has 4 saturated heterocycles. The van der Waals surface area contributed by atoms with Gasteiger partial charge in [0.05, 0.1) is 16.6 Å². The summed E-state index contributed by atoms with van der Waals surface area (Å²) in [5, 5.41) is 0. The topological polar surface area (TPSA) is 71.6 Å². The number of benzene rings is 1. The Kier molecular flexibility index (Phi) is 6.71. The Morgan fingerprint density at radius 3 is 2.21 bits per heavy atom. The lowest BCUT2D eigenvalue weighted by atomic mass is 9.71. The summed E-state index contributed by atoms with van der Waals surface area (Å²) >= 11 is 0. The fourth-order valence-electron chi connectivity index (χ4n) is 8.20. The molecule has 1 atom stereocenters. The third-order valence-corrected chi connectivity index (χ3v) is 11.8. The number of rotatable bonds is 4. The Morgan fingerprint density at radius 1 is 0.929 bits per heavy atom. The average molecular weight is 578 g/mol. The van der Waals surface area contributed by atoms with E-state index in [0.29, 0.717) is 44.0 Å². The fourth-order valence-corrected chi connectivity index (χ4v) is 8.20. The van der Waals surface area contributed by atoms with Crippen molar-refractivity contribution in [2.75, 3.05) is 37.7 Å². The highest BCUT2D eigenvalue weighted by Gasteiger charge is 2.57. The van der Waals surface area contributed by atoms with E-state index in [2.05, 4.69) is 69.5 Å². The lowest BCUT2D eigenvalue weighted by molar-refractivity contribution is -0.144. The molecule has 42 heavy (non-hydrogen) atoms. The van der Waals surface area contributed by atoms with Crippen LogP contribution in [0.15, 0.2) is 18.2 Å². The van der Waals surface area contributed by atoms with Crippen LogP contribution in [0.2, 0.25) is 0 Å². The molecule has 0 radical (unpaired) electrons. The number of ether oxygens (including phenoxy) is 1. The Labute approximate surface area is 251 Å². The minimum atomic E-state index is -0.585. The van der Waals surface area contributed by atoms with Gasteiger partial charge >= 0.3 is 7.12 Å². The highest BCUT2D eigenvalue weighted by atomic mass is 16.7. The van der Waals surface area contributed by atoms with Crippen LogP contribution in [0.1, 0.15) is 92.1 Å². The minimum Gasteiger partial charge on any atom is -0.399 e. The predicted octanol–water partition coefficient (Wildman–Crippen LogP) is 3.63. The first-order valence-corrected chi connectivity index (χ1v) is 16.3. The van der Waals surface area contributed by atoms with Gasteiger partial charge in [0, 0.05) is 44.0 Å². The third kappa shape index (κ3) is 4.48. The second-order valence-corrected chi connectivity index (χ2v) is 15.6. The molecular formula is C33H48BN3O5. The predicted molar refractivity (Wildman–Crippen MR) is 163 cm³/mol. The maximum Gasteiger partial charge on any atom is 0.494 e. The number of likely N-dealkylation sites (tertiary alicyclic amines) is 2. The average Bonchev–Trinajstić information content (AvgIpc) is 3.66. The largest absolute Gasteiger partial charge is 0.494 e. The van der Waals surface area contributed by atoms with Gasteiger partial charge in [0.2, 0.25) is 5.91 Å². The Hall–Kier alpha value is -1.94. The number of carbonyl (C=O) groups is 2. The van der Waals surface area contributed by atoms with E-state index in [-0.39, 0.29) is 24.0 Å². The molecule has 5 heterocycles. The number of amides is 2. The molecule has 0 unspecified atom stereocenters. The molecule has 7 rings (SSSR count). The van der Waals surface area contributed by atoms with Crippen molar-refractivity contribution in [3.63, 3.8) is 0 Å². The lowest BCUT2D eigenvalue weighted by Gasteiger charge is -2.46. The summed E-state index contributed by atoms with van der Waals surface area (Å²) in [5.41, 5.74) is 2.03. The maximum atomic E-state index is 14.6. The first kappa shape index (κ1) is 28.8. The van der Waals surface area contributed by atoms with Crippen LogP contribution in [0.5, 0.6) is 0 Å². The van der Waals surface area contributed by atoms with Gasteiger partial charge in [-0.1, -0.05) is 26.0 Å². The quantitative estimate of drug-likeness (QED) is 0.510. The van der Waals surface area contributed by atoms with Crippen LogP contribution >= 0.6 is 0 Å². The maximum absolute atomic E-state index is 14.6. The van der Waals surface area contributed by atoms with E-state index in [1.807, 2.05) is 4.90 Å². The Balaban J connectivity index is 1.16. The Bertz CT molecular complexity index is 1240. The molecule has 6 aliphatic rings. The molecule has 0 aromatic heterocycles. The van der Waals surface area contributed by atoms with E-state index in [9.17, 15) is 9.59 Å². The second-order valence-electron chi connectivity index (χ2n) is 15.6. The van der Waals surface area contributed by atoms with Gasteiger partial charge in [-0.3, -0.25) is 14.5 Å². The van der Waals surface area contributed by atoms with Crippen LogP contribution in [0.3, 0.4) is 0 Å². The van der Waals surface area contributed by atoms with Crippen molar-refractivity contribution >= 4 is 30.1 Å². The number of anilines is 1. The first-order valence-electron chi connectivity index (χ1n) is 16.3. The van der Waals surface area contributed by atoms with Gasteiger partial charge in [0.15, 0.2) is 0 Å².